The lowest BCUT2D eigenvalue weighted by Crippen LogP contribution is -2.18. The van der Waals surface area contributed by atoms with E-state index in [0.717, 1.165) is 44.2 Å². The predicted octanol–water partition coefficient (Wildman–Crippen LogP) is 3.14. The van der Waals surface area contributed by atoms with Gasteiger partial charge in [-0.1, -0.05) is 48.4 Å². The molecule has 1 aliphatic rings. The summed E-state index contributed by atoms with van der Waals surface area (Å²) in [7, 11) is 0. The first-order valence-corrected chi connectivity index (χ1v) is 7.80. The summed E-state index contributed by atoms with van der Waals surface area (Å²) in [5.41, 5.74) is 2.27. The number of Topliss-reactive ketones (excluding diaryl/α,β-unsaturated/α-hetero) is 1. The van der Waals surface area contributed by atoms with E-state index < -0.39 is 0 Å². The van der Waals surface area contributed by atoms with E-state index in [-0.39, 0.29) is 6.04 Å². The lowest BCUT2D eigenvalue weighted by molar-refractivity contribution is -0.122. The molecule has 1 atom stereocenters. The Balaban J connectivity index is 1.64. The van der Waals surface area contributed by atoms with Crippen molar-refractivity contribution in [2.24, 2.45) is 0 Å². The number of nitrogens with zero attached hydrogens (tertiary/aromatic N) is 3. The Morgan fingerprint density at radius 3 is 2.81 bits per heavy atom. The van der Waals surface area contributed by atoms with Gasteiger partial charge in [-0.25, -0.2) is 4.68 Å². The summed E-state index contributed by atoms with van der Waals surface area (Å²) < 4.78 is 1.79. The van der Waals surface area contributed by atoms with Gasteiger partial charge in [-0.2, -0.15) is 0 Å². The van der Waals surface area contributed by atoms with E-state index in [1.807, 2.05) is 12.3 Å². The van der Waals surface area contributed by atoms with Crippen molar-refractivity contribution in [3.63, 3.8) is 0 Å². The van der Waals surface area contributed by atoms with Crippen LogP contribution in [0.3, 0.4) is 0 Å². The lowest BCUT2D eigenvalue weighted by Gasteiger charge is -2.11. The number of rotatable bonds is 4. The fourth-order valence-corrected chi connectivity index (χ4v) is 2.92. The second kappa shape index (κ2) is 6.66. The average molecular weight is 283 g/mol. The van der Waals surface area contributed by atoms with Crippen LogP contribution in [-0.2, 0) is 17.6 Å². The summed E-state index contributed by atoms with van der Waals surface area (Å²) in [6.45, 7) is 0. The third-order valence-electron chi connectivity index (χ3n) is 4.16. The molecule has 0 aliphatic heterocycles. The van der Waals surface area contributed by atoms with Crippen LogP contribution in [0.2, 0.25) is 0 Å². The topological polar surface area (TPSA) is 47.8 Å². The summed E-state index contributed by atoms with van der Waals surface area (Å²) in [4.78, 5) is 12.1. The summed E-state index contributed by atoms with van der Waals surface area (Å²) in [6.07, 6.45) is 8.64. The van der Waals surface area contributed by atoms with E-state index >= 15 is 0 Å². The smallest absolute Gasteiger partial charge is 0.157 e. The highest BCUT2D eigenvalue weighted by Crippen LogP contribution is 2.23. The van der Waals surface area contributed by atoms with Gasteiger partial charge in [0.05, 0.1) is 5.69 Å². The highest BCUT2D eigenvalue weighted by atomic mass is 16.1. The summed E-state index contributed by atoms with van der Waals surface area (Å²) in [5, 5.41) is 8.42. The molecule has 1 aromatic carbocycles. The maximum atomic E-state index is 12.1. The van der Waals surface area contributed by atoms with Gasteiger partial charge in [0.15, 0.2) is 5.78 Å². The van der Waals surface area contributed by atoms with Crippen molar-refractivity contribution < 1.29 is 4.79 Å². The van der Waals surface area contributed by atoms with E-state index in [2.05, 4.69) is 34.6 Å². The van der Waals surface area contributed by atoms with E-state index in [1.54, 1.807) is 4.68 Å². The number of hydrogen-bond acceptors (Lipinski definition) is 3. The first kappa shape index (κ1) is 14.0. The monoisotopic (exact) mass is 283 g/mol. The Morgan fingerprint density at radius 1 is 1.10 bits per heavy atom. The lowest BCUT2D eigenvalue weighted by atomic mass is 10.1. The zero-order chi connectivity index (χ0) is 14.5. The number of carbonyl (C=O) groups excluding carboxylic acids is 1. The number of benzene rings is 1. The number of aromatic nitrogens is 3. The van der Waals surface area contributed by atoms with Gasteiger partial charge < -0.3 is 0 Å². The molecule has 4 nitrogen and oxygen atoms in total. The molecular formula is C17H21N3O. The minimum absolute atomic E-state index is 0.0922. The molecule has 1 aliphatic carbocycles. The highest BCUT2D eigenvalue weighted by molar-refractivity contribution is 5.82. The minimum atomic E-state index is -0.0922. The molecule has 3 rings (SSSR count). The molecule has 1 aromatic heterocycles. The van der Waals surface area contributed by atoms with Crippen molar-refractivity contribution in [1.82, 2.24) is 15.0 Å². The number of ketones is 1. The summed E-state index contributed by atoms with van der Waals surface area (Å²) in [6, 6.07) is 10.3. The second-order valence-electron chi connectivity index (χ2n) is 5.76. The highest BCUT2D eigenvalue weighted by Gasteiger charge is 2.23. The van der Waals surface area contributed by atoms with Gasteiger partial charge in [-0.3, -0.25) is 4.79 Å². The first-order valence-electron chi connectivity index (χ1n) is 7.80. The molecule has 110 valence electrons. The predicted molar refractivity (Wildman–Crippen MR) is 81.0 cm³/mol. The molecule has 4 heteroatoms. The van der Waals surface area contributed by atoms with Crippen LogP contribution in [0.1, 0.15) is 49.4 Å². The maximum absolute atomic E-state index is 12.1. The van der Waals surface area contributed by atoms with Crippen molar-refractivity contribution in [2.45, 2.75) is 51.0 Å². The minimum Gasteiger partial charge on any atom is -0.297 e. The molecule has 0 radical (unpaired) electrons. The number of hydrogen-bond donors (Lipinski definition) is 0. The SMILES string of the molecule is O=C1CCCCCC1n1cc(CCc2ccccc2)nn1. The third-order valence-corrected chi connectivity index (χ3v) is 4.16. The third kappa shape index (κ3) is 3.57. The van der Waals surface area contributed by atoms with Crippen LogP contribution in [-0.4, -0.2) is 20.8 Å². The fourth-order valence-electron chi connectivity index (χ4n) is 2.92. The van der Waals surface area contributed by atoms with Gasteiger partial charge >= 0.3 is 0 Å². The Morgan fingerprint density at radius 2 is 1.95 bits per heavy atom. The molecule has 0 N–H and O–H groups in total. The maximum Gasteiger partial charge on any atom is 0.157 e. The second-order valence-corrected chi connectivity index (χ2v) is 5.76. The van der Waals surface area contributed by atoms with Gasteiger partial charge in [0.25, 0.3) is 0 Å². The van der Waals surface area contributed by atoms with E-state index in [9.17, 15) is 4.79 Å². The van der Waals surface area contributed by atoms with Gasteiger partial charge in [0.2, 0.25) is 0 Å². The van der Waals surface area contributed by atoms with Crippen LogP contribution < -0.4 is 0 Å². The largest absolute Gasteiger partial charge is 0.297 e. The fraction of sp³-hybridized carbons (Fsp3) is 0.471. The van der Waals surface area contributed by atoms with Crippen LogP contribution in [0.4, 0.5) is 0 Å². The van der Waals surface area contributed by atoms with Gasteiger partial charge in [0.1, 0.15) is 6.04 Å². The average Bonchev–Trinajstić information content (AvgIpc) is 2.88. The molecule has 1 heterocycles. The van der Waals surface area contributed by atoms with Crippen molar-refractivity contribution in [1.29, 1.82) is 0 Å². The van der Waals surface area contributed by atoms with Crippen molar-refractivity contribution in [2.75, 3.05) is 0 Å². The molecule has 1 unspecified atom stereocenters. The van der Waals surface area contributed by atoms with Crippen LogP contribution in [0.15, 0.2) is 36.5 Å². The molecule has 1 fully saturated rings. The van der Waals surface area contributed by atoms with E-state index in [1.165, 1.54) is 5.56 Å². The van der Waals surface area contributed by atoms with Gasteiger partial charge in [-0.05, 0) is 31.2 Å². The Kier molecular flexibility index (Phi) is 4.43. The van der Waals surface area contributed by atoms with Crippen molar-refractivity contribution in [3.05, 3.63) is 47.8 Å². The standard InChI is InChI=1S/C17H21N3O/c21-17-10-6-2-5-9-16(17)20-13-15(18-19-20)12-11-14-7-3-1-4-8-14/h1,3-4,7-8,13,16H,2,5-6,9-12H2. The van der Waals surface area contributed by atoms with Crippen LogP contribution in [0.25, 0.3) is 0 Å². The van der Waals surface area contributed by atoms with Crippen molar-refractivity contribution in [3.8, 4) is 0 Å². The molecule has 1 saturated carbocycles. The van der Waals surface area contributed by atoms with E-state index in [4.69, 9.17) is 0 Å². The molecule has 0 bridgehead atoms. The quantitative estimate of drug-likeness (QED) is 0.810. The molecular weight excluding hydrogens is 262 g/mol. The Bertz CT molecular complexity index is 591. The summed E-state index contributed by atoms with van der Waals surface area (Å²) >= 11 is 0. The number of aryl methyl sites for hydroxylation is 2. The van der Waals surface area contributed by atoms with Crippen LogP contribution >= 0.6 is 0 Å². The Hall–Kier alpha value is -1.97. The first-order chi connectivity index (χ1) is 10.3. The number of carbonyl (C=O) groups is 1. The molecule has 0 saturated heterocycles. The van der Waals surface area contributed by atoms with Gasteiger partial charge in [-0.15, -0.1) is 5.10 Å². The Labute approximate surface area is 125 Å². The zero-order valence-electron chi connectivity index (χ0n) is 12.2. The molecule has 2 aromatic rings. The molecule has 0 amide bonds. The van der Waals surface area contributed by atoms with Crippen LogP contribution in [0, 0.1) is 0 Å². The van der Waals surface area contributed by atoms with Crippen molar-refractivity contribution >= 4 is 5.78 Å². The van der Waals surface area contributed by atoms with Gasteiger partial charge in [0, 0.05) is 12.6 Å². The molecule has 0 spiro atoms. The molecule has 21 heavy (non-hydrogen) atoms. The zero-order valence-corrected chi connectivity index (χ0v) is 12.2. The van der Waals surface area contributed by atoms with Crippen LogP contribution in [0.5, 0.6) is 0 Å². The normalized spacial score (nSPS) is 19.4. The van der Waals surface area contributed by atoms with E-state index in [0.29, 0.717) is 12.2 Å². The summed E-state index contributed by atoms with van der Waals surface area (Å²) in [5.74, 6) is 0.312.